The normalized spacial score (nSPS) is 10.0. The van der Waals surface area contributed by atoms with E-state index in [2.05, 4.69) is 16.0 Å². The first kappa shape index (κ1) is 10.7. The Morgan fingerprint density at radius 3 is 2.94 bits per heavy atom. The molecule has 3 nitrogen and oxygen atoms in total. The number of terminal acetylenes is 1. The number of hydrogen-bond acceptors (Lipinski definition) is 2. The number of alkyl halides is 1. The van der Waals surface area contributed by atoms with Crippen LogP contribution < -0.4 is 0 Å². The maximum Gasteiger partial charge on any atom is 0.115 e. The zero-order chi connectivity index (χ0) is 11.4. The monoisotopic (exact) mass is 231 g/mol. The summed E-state index contributed by atoms with van der Waals surface area (Å²) in [5.74, 6) is 2.94. The summed E-state index contributed by atoms with van der Waals surface area (Å²) in [5.41, 5.74) is 2.55. The first-order valence-corrected chi connectivity index (χ1v) is 5.35. The Balaban J connectivity index is 2.44. The SMILES string of the molecule is C#CCn1cc(CCl)c(-c2ccccn2)n1. The molecular weight excluding hydrogens is 222 g/mol. The molecule has 2 rings (SSSR count). The Hall–Kier alpha value is -1.79. The minimum Gasteiger partial charge on any atom is -0.260 e. The number of nitrogens with zero attached hydrogens (tertiary/aromatic N) is 3. The van der Waals surface area contributed by atoms with E-state index in [1.807, 2.05) is 24.4 Å². The lowest BCUT2D eigenvalue weighted by atomic mass is 10.2. The lowest BCUT2D eigenvalue weighted by Gasteiger charge is -1.96. The van der Waals surface area contributed by atoms with Crippen LogP contribution in [0, 0.1) is 12.3 Å². The Morgan fingerprint density at radius 1 is 1.44 bits per heavy atom. The molecule has 0 atom stereocenters. The molecule has 0 bridgehead atoms. The van der Waals surface area contributed by atoms with Crippen molar-refractivity contribution in [1.82, 2.24) is 14.8 Å². The molecule has 0 amide bonds. The Bertz CT molecular complexity index is 511. The van der Waals surface area contributed by atoms with Gasteiger partial charge in [0.1, 0.15) is 12.2 Å². The van der Waals surface area contributed by atoms with Crippen molar-refractivity contribution in [3.63, 3.8) is 0 Å². The van der Waals surface area contributed by atoms with Crippen LogP contribution in [0.1, 0.15) is 5.56 Å². The standard InChI is InChI=1S/C12H10ClN3/c1-2-7-16-9-10(8-13)12(15-16)11-5-3-4-6-14-11/h1,3-6,9H,7-8H2. The molecule has 0 aromatic carbocycles. The molecule has 0 aliphatic rings. The van der Waals surface area contributed by atoms with Gasteiger partial charge in [-0.05, 0) is 12.1 Å². The van der Waals surface area contributed by atoms with Gasteiger partial charge in [-0.3, -0.25) is 9.67 Å². The highest BCUT2D eigenvalue weighted by Gasteiger charge is 2.10. The van der Waals surface area contributed by atoms with Crippen molar-refractivity contribution >= 4 is 11.6 Å². The van der Waals surface area contributed by atoms with Crippen molar-refractivity contribution in [3.05, 3.63) is 36.2 Å². The van der Waals surface area contributed by atoms with Crippen LogP contribution in [0.3, 0.4) is 0 Å². The summed E-state index contributed by atoms with van der Waals surface area (Å²) in [6, 6.07) is 5.68. The average Bonchev–Trinajstić information content (AvgIpc) is 2.74. The van der Waals surface area contributed by atoms with Crippen molar-refractivity contribution in [2.75, 3.05) is 0 Å². The van der Waals surface area contributed by atoms with Gasteiger partial charge in [0.05, 0.1) is 11.6 Å². The zero-order valence-electron chi connectivity index (χ0n) is 8.60. The highest BCUT2D eigenvalue weighted by molar-refractivity contribution is 6.17. The second kappa shape index (κ2) is 4.82. The molecular formula is C12H10ClN3. The van der Waals surface area contributed by atoms with E-state index in [4.69, 9.17) is 18.0 Å². The van der Waals surface area contributed by atoms with E-state index in [0.29, 0.717) is 12.4 Å². The number of halogens is 1. The van der Waals surface area contributed by atoms with E-state index < -0.39 is 0 Å². The number of pyridine rings is 1. The van der Waals surface area contributed by atoms with Crippen molar-refractivity contribution < 1.29 is 0 Å². The smallest absolute Gasteiger partial charge is 0.115 e. The number of aromatic nitrogens is 3. The van der Waals surface area contributed by atoms with Crippen LogP contribution in [0.15, 0.2) is 30.6 Å². The Kier molecular flexibility index (Phi) is 3.23. The van der Waals surface area contributed by atoms with Crippen LogP contribution in [0.25, 0.3) is 11.4 Å². The number of rotatable bonds is 3. The molecule has 0 fully saturated rings. The molecule has 0 aliphatic carbocycles. The van der Waals surface area contributed by atoms with E-state index in [1.165, 1.54) is 0 Å². The van der Waals surface area contributed by atoms with E-state index >= 15 is 0 Å². The highest BCUT2D eigenvalue weighted by atomic mass is 35.5. The van der Waals surface area contributed by atoms with E-state index in [1.54, 1.807) is 10.9 Å². The highest BCUT2D eigenvalue weighted by Crippen LogP contribution is 2.20. The van der Waals surface area contributed by atoms with Crippen LogP contribution >= 0.6 is 11.6 Å². The van der Waals surface area contributed by atoms with Gasteiger partial charge in [0.2, 0.25) is 0 Å². The van der Waals surface area contributed by atoms with E-state index in [9.17, 15) is 0 Å². The third kappa shape index (κ3) is 2.07. The maximum atomic E-state index is 5.86. The molecule has 0 radical (unpaired) electrons. The quantitative estimate of drug-likeness (QED) is 0.600. The van der Waals surface area contributed by atoms with Crippen LogP contribution in [-0.2, 0) is 12.4 Å². The molecule has 2 aromatic heterocycles. The second-order valence-corrected chi connectivity index (χ2v) is 3.52. The van der Waals surface area contributed by atoms with Gasteiger partial charge in [0.15, 0.2) is 0 Å². The predicted molar refractivity (Wildman–Crippen MR) is 63.8 cm³/mol. The Morgan fingerprint density at radius 2 is 2.31 bits per heavy atom. The lowest BCUT2D eigenvalue weighted by Crippen LogP contribution is -1.95. The van der Waals surface area contributed by atoms with Gasteiger partial charge < -0.3 is 0 Å². The fourth-order valence-electron chi connectivity index (χ4n) is 1.45. The fourth-order valence-corrected chi connectivity index (χ4v) is 1.65. The summed E-state index contributed by atoms with van der Waals surface area (Å²) in [6.07, 6.45) is 8.83. The third-order valence-corrected chi connectivity index (χ3v) is 2.43. The minimum atomic E-state index is 0.399. The molecule has 0 spiro atoms. The van der Waals surface area contributed by atoms with Gasteiger partial charge in [-0.2, -0.15) is 5.10 Å². The zero-order valence-corrected chi connectivity index (χ0v) is 9.35. The van der Waals surface area contributed by atoms with Crippen molar-refractivity contribution in [2.24, 2.45) is 0 Å². The van der Waals surface area contributed by atoms with E-state index in [0.717, 1.165) is 17.0 Å². The lowest BCUT2D eigenvalue weighted by molar-refractivity contribution is 0.717. The summed E-state index contributed by atoms with van der Waals surface area (Å²) in [5, 5.41) is 4.37. The molecule has 80 valence electrons. The van der Waals surface area contributed by atoms with Crippen LogP contribution in [0.4, 0.5) is 0 Å². The average molecular weight is 232 g/mol. The number of hydrogen-bond donors (Lipinski definition) is 0. The van der Waals surface area contributed by atoms with Crippen LogP contribution in [0.5, 0.6) is 0 Å². The molecule has 0 unspecified atom stereocenters. The van der Waals surface area contributed by atoms with Crippen LogP contribution in [0.2, 0.25) is 0 Å². The summed E-state index contributed by atoms with van der Waals surface area (Å²) in [4.78, 5) is 4.24. The molecule has 2 aromatic rings. The minimum absolute atomic E-state index is 0.399. The van der Waals surface area contributed by atoms with Gasteiger partial charge in [0, 0.05) is 18.0 Å². The summed E-state index contributed by atoms with van der Waals surface area (Å²) < 4.78 is 1.70. The summed E-state index contributed by atoms with van der Waals surface area (Å²) in [6.45, 7) is 0.441. The largest absolute Gasteiger partial charge is 0.260 e. The van der Waals surface area contributed by atoms with Gasteiger partial charge in [0.25, 0.3) is 0 Å². The molecule has 0 aliphatic heterocycles. The first-order chi connectivity index (χ1) is 7.85. The summed E-state index contributed by atoms with van der Waals surface area (Å²) >= 11 is 5.86. The van der Waals surface area contributed by atoms with Crippen molar-refractivity contribution in [2.45, 2.75) is 12.4 Å². The molecule has 16 heavy (non-hydrogen) atoms. The molecule has 0 N–H and O–H groups in total. The topological polar surface area (TPSA) is 30.7 Å². The Labute approximate surface area is 99.1 Å². The fraction of sp³-hybridized carbons (Fsp3) is 0.167. The second-order valence-electron chi connectivity index (χ2n) is 3.25. The molecule has 0 saturated heterocycles. The third-order valence-electron chi connectivity index (χ3n) is 2.14. The maximum absolute atomic E-state index is 5.86. The van der Waals surface area contributed by atoms with Gasteiger partial charge in [-0.25, -0.2) is 0 Å². The molecule has 2 heterocycles. The predicted octanol–water partition coefficient (Wildman–Crippen LogP) is 2.32. The van der Waals surface area contributed by atoms with E-state index in [-0.39, 0.29) is 0 Å². The summed E-state index contributed by atoms with van der Waals surface area (Å²) in [7, 11) is 0. The van der Waals surface area contributed by atoms with Crippen molar-refractivity contribution in [3.8, 4) is 23.7 Å². The van der Waals surface area contributed by atoms with Gasteiger partial charge in [-0.15, -0.1) is 18.0 Å². The molecule has 4 heteroatoms. The van der Waals surface area contributed by atoms with Gasteiger partial charge in [-0.1, -0.05) is 12.0 Å². The van der Waals surface area contributed by atoms with Gasteiger partial charge >= 0.3 is 0 Å². The molecule has 0 saturated carbocycles. The first-order valence-electron chi connectivity index (χ1n) is 4.82. The van der Waals surface area contributed by atoms with Crippen molar-refractivity contribution in [1.29, 1.82) is 0 Å². The van der Waals surface area contributed by atoms with Crippen LogP contribution in [-0.4, -0.2) is 14.8 Å².